The van der Waals surface area contributed by atoms with Gasteiger partial charge in [-0.1, -0.05) is 60.7 Å². The SMILES string of the molecule is C=CCCCO[C@H]1OC(C)[C@@H](OC(=O)c2ccccc2)C(OC(=O)c2ccccc2)C1OC(=O)c1ccccc1. The van der Waals surface area contributed by atoms with E-state index in [-0.39, 0.29) is 17.7 Å². The summed E-state index contributed by atoms with van der Waals surface area (Å²) < 4.78 is 29.7. The zero-order chi connectivity index (χ0) is 28.3. The molecule has 40 heavy (non-hydrogen) atoms. The fraction of sp³-hybridized carbons (Fsp3) is 0.281. The minimum absolute atomic E-state index is 0.274. The Hall–Kier alpha value is -4.27. The predicted molar refractivity (Wildman–Crippen MR) is 147 cm³/mol. The summed E-state index contributed by atoms with van der Waals surface area (Å²) in [7, 11) is 0. The topological polar surface area (TPSA) is 97.4 Å². The maximum absolute atomic E-state index is 13.2. The average Bonchev–Trinajstić information content (AvgIpc) is 2.99. The van der Waals surface area contributed by atoms with Gasteiger partial charge in [-0.25, -0.2) is 14.4 Å². The average molecular weight is 545 g/mol. The van der Waals surface area contributed by atoms with Crippen LogP contribution >= 0.6 is 0 Å². The Kier molecular flexibility index (Phi) is 10.2. The Morgan fingerprint density at radius 1 is 0.700 bits per heavy atom. The van der Waals surface area contributed by atoms with E-state index >= 15 is 0 Å². The van der Waals surface area contributed by atoms with E-state index < -0.39 is 48.6 Å². The molecule has 0 aliphatic carbocycles. The van der Waals surface area contributed by atoms with Crippen LogP contribution < -0.4 is 0 Å². The molecule has 1 saturated heterocycles. The number of carbonyl (C=O) groups excluding carboxylic acids is 3. The van der Waals surface area contributed by atoms with Gasteiger partial charge in [-0.05, 0) is 56.2 Å². The van der Waals surface area contributed by atoms with Crippen molar-refractivity contribution in [3.63, 3.8) is 0 Å². The lowest BCUT2D eigenvalue weighted by molar-refractivity contribution is -0.290. The number of carbonyl (C=O) groups is 3. The molecule has 0 aromatic heterocycles. The Bertz CT molecular complexity index is 1260. The number of benzene rings is 3. The van der Waals surface area contributed by atoms with Gasteiger partial charge in [0.1, 0.15) is 0 Å². The van der Waals surface area contributed by atoms with Crippen molar-refractivity contribution in [3.05, 3.63) is 120 Å². The van der Waals surface area contributed by atoms with E-state index in [1.54, 1.807) is 104 Å². The summed E-state index contributed by atoms with van der Waals surface area (Å²) in [6.45, 7) is 5.68. The summed E-state index contributed by atoms with van der Waals surface area (Å²) in [6, 6.07) is 25.2. The molecule has 0 radical (unpaired) electrons. The Balaban J connectivity index is 1.67. The molecule has 3 aromatic rings. The smallest absolute Gasteiger partial charge is 0.338 e. The second-order valence-corrected chi connectivity index (χ2v) is 9.22. The quantitative estimate of drug-likeness (QED) is 0.137. The van der Waals surface area contributed by atoms with Gasteiger partial charge in [-0.15, -0.1) is 6.58 Å². The molecule has 1 heterocycles. The van der Waals surface area contributed by atoms with Gasteiger partial charge in [-0.3, -0.25) is 0 Å². The third kappa shape index (κ3) is 7.43. The van der Waals surface area contributed by atoms with Crippen LogP contribution in [0.4, 0.5) is 0 Å². The lowest BCUT2D eigenvalue weighted by Gasteiger charge is -2.43. The van der Waals surface area contributed by atoms with Crippen molar-refractivity contribution in [1.29, 1.82) is 0 Å². The van der Waals surface area contributed by atoms with Gasteiger partial charge < -0.3 is 23.7 Å². The van der Waals surface area contributed by atoms with Crippen molar-refractivity contribution in [2.45, 2.75) is 50.5 Å². The third-order valence-corrected chi connectivity index (χ3v) is 6.32. The van der Waals surface area contributed by atoms with Crippen LogP contribution in [-0.4, -0.2) is 55.2 Å². The molecule has 0 spiro atoms. The number of allylic oxidation sites excluding steroid dienone is 1. The van der Waals surface area contributed by atoms with E-state index in [9.17, 15) is 14.4 Å². The van der Waals surface area contributed by atoms with Crippen molar-refractivity contribution in [2.75, 3.05) is 6.61 Å². The second-order valence-electron chi connectivity index (χ2n) is 9.22. The lowest BCUT2D eigenvalue weighted by Crippen LogP contribution is -2.61. The standard InChI is InChI=1S/C32H32O8/c1-3-4-14-21-36-32-28(40-31(35)25-19-12-7-13-20-25)27(39-30(34)24-17-10-6-11-18-24)26(22(2)37-32)38-29(33)23-15-8-5-9-16-23/h3,5-13,15-20,22,26-28,32H,1,4,14,21H2,2H3/t22?,26-,27?,28?,32+/m1/s1. The zero-order valence-corrected chi connectivity index (χ0v) is 22.2. The van der Waals surface area contributed by atoms with Gasteiger partial charge in [0.05, 0.1) is 29.4 Å². The number of ether oxygens (including phenoxy) is 5. The monoisotopic (exact) mass is 544 g/mol. The fourth-order valence-electron chi connectivity index (χ4n) is 4.25. The first-order valence-corrected chi connectivity index (χ1v) is 13.1. The third-order valence-electron chi connectivity index (χ3n) is 6.32. The first kappa shape index (κ1) is 28.7. The highest BCUT2D eigenvalue weighted by atomic mass is 16.7. The van der Waals surface area contributed by atoms with Gasteiger partial charge in [0.2, 0.25) is 0 Å². The highest BCUT2D eigenvalue weighted by molar-refractivity contribution is 5.91. The van der Waals surface area contributed by atoms with Crippen LogP contribution in [0.1, 0.15) is 50.8 Å². The van der Waals surface area contributed by atoms with Crippen LogP contribution in [0.3, 0.4) is 0 Å². The summed E-state index contributed by atoms with van der Waals surface area (Å²) in [5.41, 5.74) is 0.882. The molecule has 1 aliphatic rings. The van der Waals surface area contributed by atoms with Gasteiger partial charge in [0.25, 0.3) is 0 Å². The molecule has 0 amide bonds. The van der Waals surface area contributed by atoms with Crippen molar-refractivity contribution in [2.24, 2.45) is 0 Å². The summed E-state index contributed by atoms with van der Waals surface area (Å²) in [5.74, 6) is -1.98. The maximum Gasteiger partial charge on any atom is 0.338 e. The van der Waals surface area contributed by atoms with Crippen LogP contribution in [0.25, 0.3) is 0 Å². The molecular formula is C32H32O8. The largest absolute Gasteiger partial charge is 0.452 e. The van der Waals surface area contributed by atoms with Crippen LogP contribution in [0.2, 0.25) is 0 Å². The van der Waals surface area contributed by atoms with E-state index in [1.165, 1.54) is 0 Å². The molecule has 1 aliphatic heterocycles. The van der Waals surface area contributed by atoms with Crippen LogP contribution in [0, 0.1) is 0 Å². The minimum Gasteiger partial charge on any atom is -0.452 e. The number of hydrogen-bond donors (Lipinski definition) is 0. The van der Waals surface area contributed by atoms with E-state index in [2.05, 4.69) is 6.58 Å². The summed E-state index contributed by atoms with van der Waals surface area (Å²) >= 11 is 0. The summed E-state index contributed by atoms with van der Waals surface area (Å²) in [5, 5.41) is 0. The molecule has 0 N–H and O–H groups in total. The molecule has 8 heteroatoms. The highest BCUT2D eigenvalue weighted by Crippen LogP contribution is 2.31. The van der Waals surface area contributed by atoms with Crippen LogP contribution in [0.15, 0.2) is 104 Å². The fourth-order valence-corrected chi connectivity index (χ4v) is 4.25. The maximum atomic E-state index is 13.2. The molecule has 5 atom stereocenters. The Morgan fingerprint density at radius 2 is 1.12 bits per heavy atom. The van der Waals surface area contributed by atoms with Crippen molar-refractivity contribution in [3.8, 4) is 0 Å². The molecule has 0 bridgehead atoms. The first-order valence-electron chi connectivity index (χ1n) is 13.1. The summed E-state index contributed by atoms with van der Waals surface area (Å²) in [4.78, 5) is 39.5. The van der Waals surface area contributed by atoms with Crippen molar-refractivity contribution in [1.82, 2.24) is 0 Å². The number of esters is 3. The first-order chi connectivity index (χ1) is 19.5. The second kappa shape index (κ2) is 14.2. The molecule has 8 nitrogen and oxygen atoms in total. The summed E-state index contributed by atoms with van der Waals surface area (Å²) in [6.07, 6.45) is -2.31. The van der Waals surface area contributed by atoms with Crippen molar-refractivity contribution >= 4 is 17.9 Å². The molecule has 3 aromatic carbocycles. The van der Waals surface area contributed by atoms with Gasteiger partial charge >= 0.3 is 17.9 Å². The highest BCUT2D eigenvalue weighted by Gasteiger charge is 2.51. The molecular weight excluding hydrogens is 512 g/mol. The Morgan fingerprint density at radius 3 is 1.57 bits per heavy atom. The molecule has 208 valence electrons. The van der Waals surface area contributed by atoms with Gasteiger partial charge in [0.15, 0.2) is 24.6 Å². The zero-order valence-electron chi connectivity index (χ0n) is 22.2. The molecule has 0 saturated carbocycles. The number of hydrogen-bond acceptors (Lipinski definition) is 8. The number of rotatable bonds is 11. The number of unbranched alkanes of at least 4 members (excludes halogenated alkanes) is 1. The Labute approximate surface area is 233 Å². The van der Waals surface area contributed by atoms with Crippen LogP contribution in [0.5, 0.6) is 0 Å². The molecule has 1 fully saturated rings. The lowest BCUT2D eigenvalue weighted by atomic mass is 9.98. The predicted octanol–water partition coefficient (Wildman–Crippen LogP) is 5.39. The molecule has 3 unspecified atom stereocenters. The van der Waals surface area contributed by atoms with Gasteiger partial charge in [-0.2, -0.15) is 0 Å². The van der Waals surface area contributed by atoms with E-state index in [0.717, 1.165) is 0 Å². The van der Waals surface area contributed by atoms with Crippen molar-refractivity contribution < 1.29 is 38.1 Å². The minimum atomic E-state index is -1.24. The van der Waals surface area contributed by atoms with E-state index in [0.29, 0.717) is 18.4 Å². The normalized spacial score (nSPS) is 22.1. The van der Waals surface area contributed by atoms with E-state index in [1.807, 2.05) is 0 Å². The van der Waals surface area contributed by atoms with E-state index in [4.69, 9.17) is 23.7 Å². The molecule has 4 rings (SSSR count). The van der Waals surface area contributed by atoms with Gasteiger partial charge in [0, 0.05) is 0 Å². The van der Waals surface area contributed by atoms with Crippen LogP contribution in [-0.2, 0) is 23.7 Å².